The quantitative estimate of drug-likeness (QED) is 0.125. The van der Waals surface area contributed by atoms with E-state index in [1.165, 1.54) is 6.08 Å². The number of anilines is 1. The molecule has 2 aliphatic carbocycles. The summed E-state index contributed by atoms with van der Waals surface area (Å²) in [6.45, 7) is 0. The minimum Gasteiger partial charge on any atom is -0.505 e. The number of phenols is 1. The van der Waals surface area contributed by atoms with Gasteiger partial charge in [-0.05, 0) is 36.5 Å². The Labute approximate surface area is 251 Å². The predicted molar refractivity (Wildman–Crippen MR) is 136 cm³/mol. The zero-order valence-electron chi connectivity index (χ0n) is 21.5. The summed E-state index contributed by atoms with van der Waals surface area (Å²) >= 11 is 13.7. The highest BCUT2D eigenvalue weighted by Crippen LogP contribution is 2.66. The van der Waals surface area contributed by atoms with Gasteiger partial charge < -0.3 is 10.8 Å². The van der Waals surface area contributed by atoms with E-state index in [1.807, 2.05) is 0 Å². The van der Waals surface area contributed by atoms with E-state index in [9.17, 15) is 55.4 Å². The van der Waals surface area contributed by atoms with Crippen molar-refractivity contribution in [3.8, 4) is 5.75 Å². The van der Waals surface area contributed by atoms with Gasteiger partial charge in [0, 0.05) is 5.92 Å². The van der Waals surface area contributed by atoms with Crippen LogP contribution in [-0.4, -0.2) is 49.4 Å². The molecule has 2 saturated heterocycles. The lowest BCUT2D eigenvalue weighted by atomic mass is 9.56. The number of aromatic hydroxyl groups is 1. The predicted octanol–water partition coefficient (Wildman–Crippen LogP) is 3.87. The lowest BCUT2D eigenvalue weighted by Crippen LogP contribution is -2.60. The summed E-state index contributed by atoms with van der Waals surface area (Å²) in [7, 11) is 0. The Morgan fingerprint density at radius 1 is 0.886 bits per heavy atom. The van der Waals surface area contributed by atoms with Gasteiger partial charge >= 0.3 is 6.03 Å². The van der Waals surface area contributed by atoms with E-state index in [0.29, 0.717) is 6.07 Å². The van der Waals surface area contributed by atoms with Gasteiger partial charge in [0.2, 0.25) is 17.6 Å². The van der Waals surface area contributed by atoms with E-state index in [0.717, 1.165) is 12.1 Å². The Morgan fingerprint density at radius 2 is 1.48 bits per heavy atom. The number of carbonyl (C=O) groups is 5. The minimum absolute atomic E-state index is 0.0236. The number of hydrogen-bond donors (Lipinski definition) is 2. The number of fused-ring (bicyclic) bond motifs is 4. The van der Waals surface area contributed by atoms with Crippen LogP contribution in [0.5, 0.6) is 5.75 Å². The average molecular weight is 662 g/mol. The highest BCUT2D eigenvalue weighted by molar-refractivity contribution is 6.58. The lowest BCUT2D eigenvalue weighted by molar-refractivity contribution is -0.136. The summed E-state index contributed by atoms with van der Waals surface area (Å²) in [4.78, 5) is 60.2. The maximum absolute atomic E-state index is 15.0. The van der Waals surface area contributed by atoms with Crippen LogP contribution in [0.1, 0.15) is 24.3 Å². The number of likely N-dealkylation sites (tertiary alicyclic amines) is 1. The zero-order chi connectivity index (χ0) is 32.4. The van der Waals surface area contributed by atoms with E-state index < -0.39 is 116 Å². The Bertz CT molecular complexity index is 1780. The SMILES string of the molecule is NC(=O)N1C(=O)[C@H]2[C@H](CC=C3[C@H]2C[C@@]2(Cl)C(=O)N(c4c(F)c(F)c(F)c(F)c4F)C(=O)[C@@]2(Cl)[C@H]3c2ccc(O)c(F)c2)C1=O. The molecule has 0 radical (unpaired) electrons. The first-order chi connectivity index (χ1) is 20.5. The monoisotopic (exact) mass is 661 g/mol. The third-order valence-electron chi connectivity index (χ3n) is 8.75. The number of alkyl halides is 2. The fourth-order valence-electron chi connectivity index (χ4n) is 6.86. The topological polar surface area (TPSA) is 138 Å². The van der Waals surface area contributed by atoms with Crippen LogP contribution in [0, 0.1) is 52.7 Å². The fraction of sp³-hybridized carbons (Fsp3) is 0.296. The molecule has 6 rings (SSSR count). The largest absolute Gasteiger partial charge is 0.505 e. The van der Waals surface area contributed by atoms with Crippen LogP contribution in [0.25, 0.3) is 0 Å². The molecule has 3 fully saturated rings. The van der Waals surface area contributed by atoms with Crippen molar-refractivity contribution in [1.82, 2.24) is 4.90 Å². The molecule has 1 saturated carbocycles. The number of allylic oxidation sites excluding steroid dienone is 2. The van der Waals surface area contributed by atoms with Crippen LogP contribution >= 0.6 is 23.2 Å². The number of halogens is 8. The van der Waals surface area contributed by atoms with E-state index in [-0.39, 0.29) is 27.4 Å². The fourth-order valence-corrected chi connectivity index (χ4v) is 7.80. The number of hydrogen-bond acceptors (Lipinski definition) is 6. The number of nitrogens with two attached hydrogens (primary N) is 1. The molecule has 2 aromatic rings. The number of nitrogens with zero attached hydrogens (tertiary/aromatic N) is 2. The second-order valence-corrected chi connectivity index (χ2v) is 12.0. The van der Waals surface area contributed by atoms with Crippen molar-refractivity contribution < 1.29 is 55.4 Å². The summed E-state index contributed by atoms with van der Waals surface area (Å²) in [5.74, 6) is -26.0. The molecule has 2 heterocycles. The molecule has 0 unspecified atom stereocenters. The van der Waals surface area contributed by atoms with Crippen LogP contribution in [0.2, 0.25) is 0 Å². The first-order valence-electron chi connectivity index (χ1n) is 12.6. The molecule has 6 amide bonds. The van der Waals surface area contributed by atoms with Crippen molar-refractivity contribution >= 4 is 58.5 Å². The van der Waals surface area contributed by atoms with Crippen molar-refractivity contribution in [1.29, 1.82) is 0 Å². The molecule has 44 heavy (non-hydrogen) atoms. The molecule has 0 bridgehead atoms. The number of phenolic OH excluding ortho intramolecular Hbond substituents is 1. The smallest absolute Gasteiger partial charge is 0.328 e. The molecule has 17 heteroatoms. The van der Waals surface area contributed by atoms with E-state index in [2.05, 4.69) is 0 Å². The Hall–Kier alpha value is -4.11. The Morgan fingerprint density at radius 3 is 2.05 bits per heavy atom. The second-order valence-electron chi connectivity index (χ2n) is 10.8. The highest BCUT2D eigenvalue weighted by atomic mass is 35.5. The van der Waals surface area contributed by atoms with E-state index in [4.69, 9.17) is 28.9 Å². The first-order valence-corrected chi connectivity index (χ1v) is 13.4. The molecule has 230 valence electrons. The zero-order valence-corrected chi connectivity index (χ0v) is 23.0. The highest BCUT2D eigenvalue weighted by Gasteiger charge is 2.77. The van der Waals surface area contributed by atoms with Crippen molar-refractivity contribution in [2.24, 2.45) is 23.5 Å². The van der Waals surface area contributed by atoms with Gasteiger partial charge in [-0.25, -0.2) is 36.0 Å². The van der Waals surface area contributed by atoms with Gasteiger partial charge in [0.25, 0.3) is 11.8 Å². The van der Waals surface area contributed by atoms with E-state index in [1.54, 1.807) is 0 Å². The number of urea groups is 1. The van der Waals surface area contributed by atoms with Gasteiger partial charge in [0.1, 0.15) is 5.69 Å². The molecule has 6 atom stereocenters. The first kappa shape index (κ1) is 29.9. The van der Waals surface area contributed by atoms with Crippen molar-refractivity contribution in [3.63, 3.8) is 0 Å². The van der Waals surface area contributed by atoms with Gasteiger partial charge in [-0.2, -0.15) is 4.90 Å². The summed E-state index contributed by atoms with van der Waals surface area (Å²) in [6, 6.07) is 1.21. The van der Waals surface area contributed by atoms with Crippen molar-refractivity contribution in [2.45, 2.75) is 28.5 Å². The van der Waals surface area contributed by atoms with Gasteiger partial charge in [0.15, 0.2) is 44.6 Å². The van der Waals surface area contributed by atoms with Crippen molar-refractivity contribution in [3.05, 3.63) is 70.3 Å². The number of imide groups is 4. The Balaban J connectivity index is 1.61. The maximum Gasteiger partial charge on any atom is 0.328 e. The standard InChI is InChI=1S/C27H15Cl2F6N3O6/c28-26-6-10-8(2-3-9-13(10)22(41)38(21(9)40)25(36)44)14(7-1-4-12(39)11(30)5-7)27(26,29)24(43)37(23(26)42)20-18(34)16(32)15(31)17(33)19(20)35/h1-2,4-5,9-10,13-14,39H,3,6H2,(H2,36,44)/t9-,10+,13-,14-,26+,27-/m0/s1. The summed E-state index contributed by atoms with van der Waals surface area (Å²) in [5, 5.41) is 9.77. The van der Waals surface area contributed by atoms with Gasteiger partial charge in [-0.3, -0.25) is 19.2 Å². The molecule has 0 spiro atoms. The molecular weight excluding hydrogens is 647 g/mol. The summed E-state index contributed by atoms with van der Waals surface area (Å²) < 4.78 is 86.8. The van der Waals surface area contributed by atoms with Gasteiger partial charge in [-0.1, -0.05) is 17.7 Å². The van der Waals surface area contributed by atoms with Crippen LogP contribution in [0.15, 0.2) is 29.8 Å². The van der Waals surface area contributed by atoms with Crippen LogP contribution in [0.3, 0.4) is 0 Å². The Kier molecular flexibility index (Phi) is 6.43. The maximum atomic E-state index is 15.0. The number of rotatable bonds is 2. The van der Waals surface area contributed by atoms with E-state index >= 15 is 0 Å². The molecule has 0 aromatic heterocycles. The normalized spacial score (nSPS) is 31.2. The van der Waals surface area contributed by atoms with Crippen LogP contribution in [-0.2, 0) is 19.2 Å². The average Bonchev–Trinajstić information content (AvgIpc) is 3.31. The number of primary amides is 1. The molecule has 3 N–H and O–H groups in total. The second kappa shape index (κ2) is 9.44. The van der Waals surface area contributed by atoms with Crippen molar-refractivity contribution in [2.75, 3.05) is 4.90 Å². The third-order valence-corrected chi connectivity index (χ3v) is 10.2. The lowest BCUT2D eigenvalue weighted by Gasteiger charge is -2.50. The number of carbonyl (C=O) groups excluding carboxylic acids is 5. The molecular formula is C27H15Cl2F6N3O6. The molecule has 2 aliphatic heterocycles. The van der Waals surface area contributed by atoms with Gasteiger partial charge in [0.05, 0.1) is 11.8 Å². The number of amides is 6. The number of benzene rings is 2. The summed E-state index contributed by atoms with van der Waals surface area (Å²) in [6.07, 6.45) is 0.286. The van der Waals surface area contributed by atoms with Crippen LogP contribution < -0.4 is 10.6 Å². The minimum atomic E-state index is -2.86. The summed E-state index contributed by atoms with van der Waals surface area (Å²) in [5.41, 5.74) is 3.02. The molecule has 9 nitrogen and oxygen atoms in total. The third kappa shape index (κ3) is 3.47. The molecule has 4 aliphatic rings. The molecule has 2 aromatic carbocycles. The van der Waals surface area contributed by atoms with Gasteiger partial charge in [-0.15, -0.1) is 23.2 Å². The van der Waals surface area contributed by atoms with Crippen LogP contribution in [0.4, 0.5) is 36.8 Å².